The Balaban J connectivity index is 2.08. The second-order valence-electron chi connectivity index (χ2n) is 6.34. The Kier molecular flexibility index (Phi) is 5.93. The van der Waals surface area contributed by atoms with E-state index in [-0.39, 0.29) is 6.42 Å². The fourth-order valence-corrected chi connectivity index (χ4v) is 2.73. The molecular weight excluding hydrogens is 322 g/mol. The summed E-state index contributed by atoms with van der Waals surface area (Å²) < 4.78 is 5.42. The van der Waals surface area contributed by atoms with Crippen molar-refractivity contribution in [1.29, 1.82) is 5.26 Å². The minimum absolute atomic E-state index is 0.274. The summed E-state index contributed by atoms with van der Waals surface area (Å²) >= 11 is 1.59. The molecule has 1 aromatic heterocycles. The molecule has 126 valence electrons. The fraction of sp³-hybridized carbons (Fsp3) is 0.389. The predicted molar refractivity (Wildman–Crippen MR) is 94.4 cm³/mol. The van der Waals surface area contributed by atoms with Gasteiger partial charge in [0.15, 0.2) is 0 Å². The largest absolute Gasteiger partial charge is 0.444 e. The molecule has 0 saturated carbocycles. The molecule has 0 aliphatic rings. The van der Waals surface area contributed by atoms with Gasteiger partial charge in [-0.3, -0.25) is 0 Å². The molecule has 0 fully saturated rings. The van der Waals surface area contributed by atoms with Crippen LogP contribution in [-0.4, -0.2) is 28.1 Å². The van der Waals surface area contributed by atoms with Crippen molar-refractivity contribution in [3.63, 3.8) is 0 Å². The Bertz CT molecular complexity index is 697. The Labute approximate surface area is 146 Å². The van der Waals surface area contributed by atoms with Gasteiger partial charge in [-0.25, -0.2) is 9.78 Å². The number of carbonyl (C=O) groups excluding carboxylic acids is 1. The van der Waals surface area contributed by atoms with Crippen LogP contribution in [-0.2, 0) is 11.3 Å². The smallest absolute Gasteiger partial charge is 0.410 e. The van der Waals surface area contributed by atoms with Crippen molar-refractivity contribution in [2.75, 3.05) is 6.54 Å². The molecule has 0 radical (unpaired) electrons. The lowest BCUT2D eigenvalue weighted by molar-refractivity contribution is 0.0238. The van der Waals surface area contributed by atoms with E-state index >= 15 is 0 Å². The van der Waals surface area contributed by atoms with Crippen molar-refractivity contribution in [3.05, 3.63) is 41.4 Å². The third-order valence-electron chi connectivity index (χ3n) is 3.15. The molecule has 2 aromatic rings. The van der Waals surface area contributed by atoms with E-state index < -0.39 is 11.7 Å². The summed E-state index contributed by atoms with van der Waals surface area (Å²) in [6, 6.07) is 10.0. The number of nitrogens with zero attached hydrogens (tertiary/aromatic N) is 3. The number of nitriles is 1. The summed E-state index contributed by atoms with van der Waals surface area (Å²) in [6.07, 6.45) is 1.65. The van der Waals surface area contributed by atoms with Crippen molar-refractivity contribution in [2.45, 2.75) is 39.3 Å². The molecule has 1 heterocycles. The molecule has 0 spiro atoms. The van der Waals surface area contributed by atoms with E-state index in [9.17, 15) is 4.79 Å². The summed E-state index contributed by atoms with van der Waals surface area (Å²) in [5.41, 5.74) is 1.48. The highest BCUT2D eigenvalue weighted by molar-refractivity contribution is 7.13. The summed E-state index contributed by atoms with van der Waals surface area (Å²) in [6.45, 7) is 6.25. The zero-order chi connectivity index (χ0) is 17.6. The second-order valence-corrected chi connectivity index (χ2v) is 7.24. The minimum atomic E-state index is -0.559. The first kappa shape index (κ1) is 18.0. The fourth-order valence-electron chi connectivity index (χ4n) is 2.09. The number of ether oxygens (including phenoxy) is 1. The van der Waals surface area contributed by atoms with Crippen LogP contribution in [0.1, 0.15) is 32.8 Å². The zero-order valence-corrected chi connectivity index (χ0v) is 15.0. The van der Waals surface area contributed by atoms with Gasteiger partial charge < -0.3 is 9.64 Å². The average Bonchev–Trinajstić information content (AvgIpc) is 3.04. The molecule has 0 unspecified atom stereocenters. The summed E-state index contributed by atoms with van der Waals surface area (Å²) in [5.74, 6) is 0. The zero-order valence-electron chi connectivity index (χ0n) is 14.2. The van der Waals surface area contributed by atoms with E-state index in [0.717, 1.165) is 16.1 Å². The molecule has 1 aromatic carbocycles. The highest BCUT2D eigenvalue weighted by Gasteiger charge is 2.22. The molecule has 0 aliphatic heterocycles. The van der Waals surface area contributed by atoms with Crippen molar-refractivity contribution in [2.24, 2.45) is 0 Å². The number of hydrogen-bond acceptors (Lipinski definition) is 5. The maximum Gasteiger partial charge on any atom is 0.410 e. The molecule has 1 amide bonds. The van der Waals surface area contributed by atoms with Crippen LogP contribution >= 0.6 is 11.3 Å². The first-order chi connectivity index (χ1) is 11.4. The van der Waals surface area contributed by atoms with Crippen molar-refractivity contribution in [3.8, 4) is 16.6 Å². The first-order valence-corrected chi connectivity index (χ1v) is 8.61. The van der Waals surface area contributed by atoms with Gasteiger partial charge >= 0.3 is 6.09 Å². The van der Waals surface area contributed by atoms with Crippen LogP contribution in [0.3, 0.4) is 0 Å². The van der Waals surface area contributed by atoms with Crippen LogP contribution in [0, 0.1) is 11.3 Å². The van der Waals surface area contributed by atoms with E-state index in [2.05, 4.69) is 11.1 Å². The van der Waals surface area contributed by atoms with Gasteiger partial charge in [0, 0.05) is 30.2 Å². The standard InChI is InChI=1S/C18H21N3O2S/c1-18(2,3)23-17(22)21(11-4-9-19)13-14-5-7-15(8-6-14)16-20-10-12-24-16/h5-8,10,12H,4,11,13H2,1-3H3. The Morgan fingerprint density at radius 3 is 2.58 bits per heavy atom. The van der Waals surface area contributed by atoms with Crippen LogP contribution in [0.2, 0.25) is 0 Å². The lowest BCUT2D eigenvalue weighted by Gasteiger charge is -2.27. The van der Waals surface area contributed by atoms with Crippen molar-refractivity contribution < 1.29 is 9.53 Å². The number of thiazole rings is 1. The third kappa shape index (κ3) is 5.36. The van der Waals surface area contributed by atoms with Crippen LogP contribution in [0.4, 0.5) is 4.79 Å². The highest BCUT2D eigenvalue weighted by atomic mass is 32.1. The normalized spacial score (nSPS) is 10.9. The second kappa shape index (κ2) is 7.93. The van der Waals surface area contributed by atoms with Gasteiger partial charge in [0.2, 0.25) is 0 Å². The van der Waals surface area contributed by atoms with E-state index in [4.69, 9.17) is 10.00 Å². The Morgan fingerprint density at radius 2 is 2.04 bits per heavy atom. The number of benzene rings is 1. The van der Waals surface area contributed by atoms with Crippen LogP contribution in [0.5, 0.6) is 0 Å². The maximum absolute atomic E-state index is 12.3. The first-order valence-electron chi connectivity index (χ1n) is 7.73. The summed E-state index contributed by atoms with van der Waals surface area (Å²) in [4.78, 5) is 18.2. The third-order valence-corrected chi connectivity index (χ3v) is 3.97. The van der Waals surface area contributed by atoms with Gasteiger partial charge in [-0.2, -0.15) is 5.26 Å². The van der Waals surface area contributed by atoms with Gasteiger partial charge in [0.25, 0.3) is 0 Å². The van der Waals surface area contributed by atoms with Crippen LogP contribution in [0.25, 0.3) is 10.6 Å². The molecule has 24 heavy (non-hydrogen) atoms. The molecule has 0 N–H and O–H groups in total. The molecular formula is C18H21N3O2S. The monoisotopic (exact) mass is 343 g/mol. The number of hydrogen-bond donors (Lipinski definition) is 0. The molecule has 0 aliphatic carbocycles. The quantitative estimate of drug-likeness (QED) is 0.804. The van der Waals surface area contributed by atoms with Gasteiger partial charge in [-0.15, -0.1) is 11.3 Å². The SMILES string of the molecule is CC(C)(C)OC(=O)N(CCC#N)Cc1ccc(-c2nccs2)cc1. The van der Waals surface area contributed by atoms with Crippen molar-refractivity contribution >= 4 is 17.4 Å². The molecule has 0 saturated heterocycles. The minimum Gasteiger partial charge on any atom is -0.444 e. The van der Waals surface area contributed by atoms with E-state index in [1.165, 1.54) is 0 Å². The van der Waals surface area contributed by atoms with E-state index in [0.29, 0.717) is 13.1 Å². The number of aromatic nitrogens is 1. The van der Waals surface area contributed by atoms with Gasteiger partial charge in [-0.1, -0.05) is 24.3 Å². The molecule has 6 heteroatoms. The van der Waals surface area contributed by atoms with Gasteiger partial charge in [0.1, 0.15) is 10.6 Å². The summed E-state index contributed by atoms with van der Waals surface area (Å²) in [5, 5.41) is 11.7. The topological polar surface area (TPSA) is 66.2 Å². The Hall–Kier alpha value is -2.39. The number of rotatable bonds is 5. The Morgan fingerprint density at radius 1 is 1.33 bits per heavy atom. The van der Waals surface area contributed by atoms with E-state index in [1.807, 2.05) is 50.4 Å². The van der Waals surface area contributed by atoms with Gasteiger partial charge in [-0.05, 0) is 26.3 Å². The highest BCUT2D eigenvalue weighted by Crippen LogP contribution is 2.22. The lowest BCUT2D eigenvalue weighted by Crippen LogP contribution is -2.37. The van der Waals surface area contributed by atoms with Gasteiger partial charge in [0.05, 0.1) is 12.5 Å². The van der Waals surface area contributed by atoms with Crippen LogP contribution in [0.15, 0.2) is 35.8 Å². The predicted octanol–water partition coefficient (Wildman–Crippen LogP) is 4.46. The average molecular weight is 343 g/mol. The van der Waals surface area contributed by atoms with E-state index in [1.54, 1.807) is 22.4 Å². The molecule has 0 bridgehead atoms. The lowest BCUT2D eigenvalue weighted by atomic mass is 10.1. The van der Waals surface area contributed by atoms with Crippen molar-refractivity contribution in [1.82, 2.24) is 9.88 Å². The van der Waals surface area contributed by atoms with Crippen LogP contribution < -0.4 is 0 Å². The molecule has 2 rings (SSSR count). The molecule has 0 atom stereocenters. The summed E-state index contributed by atoms with van der Waals surface area (Å²) in [7, 11) is 0. The number of carbonyl (C=O) groups is 1. The maximum atomic E-state index is 12.3. The number of amides is 1. The molecule has 5 nitrogen and oxygen atoms in total.